The van der Waals surface area contributed by atoms with Crippen LogP contribution in [0, 0.1) is 0 Å². The predicted molar refractivity (Wildman–Crippen MR) is 65.6 cm³/mol. The Labute approximate surface area is 105 Å². The highest BCUT2D eigenvalue weighted by Gasteiger charge is 2.25. The number of anilines is 1. The van der Waals surface area contributed by atoms with Gasteiger partial charge in [-0.3, -0.25) is 4.79 Å². The summed E-state index contributed by atoms with van der Waals surface area (Å²) in [6.07, 6.45) is 0.882. The second-order valence-electron chi connectivity index (χ2n) is 4.24. The first-order valence-electron chi connectivity index (χ1n) is 5.57. The molecule has 0 unspecified atom stereocenters. The van der Waals surface area contributed by atoms with Gasteiger partial charge in [-0.2, -0.15) is 0 Å². The molecule has 1 aromatic rings. The molecule has 0 aromatic carbocycles. The van der Waals surface area contributed by atoms with Crippen molar-refractivity contribution >= 4 is 21.6 Å². The van der Waals surface area contributed by atoms with Gasteiger partial charge in [0.2, 0.25) is 0 Å². The Bertz CT molecular complexity index is 527. The molecule has 1 amide bonds. The zero-order valence-corrected chi connectivity index (χ0v) is 10.5. The van der Waals surface area contributed by atoms with Crippen LogP contribution in [0.4, 0.5) is 5.82 Å². The van der Waals surface area contributed by atoms with E-state index in [2.05, 4.69) is 15.5 Å². The lowest BCUT2D eigenvalue weighted by molar-refractivity contribution is 0.0928. The second-order valence-corrected chi connectivity index (χ2v) is 6.55. The first-order chi connectivity index (χ1) is 8.46. The molecule has 0 radical (unpaired) electrons. The van der Waals surface area contributed by atoms with Crippen LogP contribution in [0.25, 0.3) is 0 Å². The highest BCUT2D eigenvalue weighted by molar-refractivity contribution is 7.91. The molecule has 1 aromatic heterocycles. The number of aromatic nitrogens is 2. The summed E-state index contributed by atoms with van der Waals surface area (Å²) < 4.78 is 22.5. The number of carbonyl (C=O) groups excluding carboxylic acids is 1. The minimum atomic E-state index is -2.92. The van der Waals surface area contributed by atoms with Gasteiger partial charge in [0, 0.05) is 6.04 Å². The highest BCUT2D eigenvalue weighted by atomic mass is 32.2. The Hall–Kier alpha value is -1.70. The minimum Gasteiger partial charge on any atom is -0.382 e. The van der Waals surface area contributed by atoms with E-state index in [9.17, 15) is 13.2 Å². The van der Waals surface area contributed by atoms with Gasteiger partial charge >= 0.3 is 0 Å². The molecule has 1 aliphatic heterocycles. The molecule has 0 atom stereocenters. The summed E-state index contributed by atoms with van der Waals surface area (Å²) in [4.78, 5) is 11.8. The van der Waals surface area contributed by atoms with Crippen LogP contribution in [-0.2, 0) is 9.84 Å². The van der Waals surface area contributed by atoms with Crippen LogP contribution in [0.5, 0.6) is 0 Å². The van der Waals surface area contributed by atoms with Crippen molar-refractivity contribution in [3.8, 4) is 0 Å². The summed E-state index contributed by atoms with van der Waals surface area (Å²) in [6, 6.07) is 2.85. The third-order valence-electron chi connectivity index (χ3n) is 2.81. The number of nitrogens with zero attached hydrogens (tertiary/aromatic N) is 2. The van der Waals surface area contributed by atoms with Gasteiger partial charge in [0.1, 0.15) is 15.7 Å². The summed E-state index contributed by atoms with van der Waals surface area (Å²) in [5, 5.41) is 10.0. The molecule has 8 heteroatoms. The van der Waals surface area contributed by atoms with Gasteiger partial charge in [-0.05, 0) is 25.0 Å². The number of carbonyl (C=O) groups is 1. The van der Waals surface area contributed by atoms with Gasteiger partial charge in [0.25, 0.3) is 5.91 Å². The lowest BCUT2D eigenvalue weighted by Crippen LogP contribution is -2.41. The lowest BCUT2D eigenvalue weighted by atomic mass is 10.1. The maximum atomic E-state index is 11.8. The van der Waals surface area contributed by atoms with Crippen LogP contribution < -0.4 is 11.1 Å². The van der Waals surface area contributed by atoms with E-state index in [0.29, 0.717) is 12.8 Å². The number of amides is 1. The summed E-state index contributed by atoms with van der Waals surface area (Å²) in [5.74, 6) is 0.124. The highest BCUT2D eigenvalue weighted by Crippen LogP contribution is 2.12. The molecule has 1 saturated heterocycles. The van der Waals surface area contributed by atoms with Gasteiger partial charge < -0.3 is 11.1 Å². The molecular weight excluding hydrogens is 256 g/mol. The average molecular weight is 270 g/mol. The summed E-state index contributed by atoms with van der Waals surface area (Å²) in [6.45, 7) is 0. The van der Waals surface area contributed by atoms with Crippen molar-refractivity contribution in [2.24, 2.45) is 0 Å². The van der Waals surface area contributed by atoms with Gasteiger partial charge in [-0.1, -0.05) is 0 Å². The van der Waals surface area contributed by atoms with Crippen molar-refractivity contribution in [2.45, 2.75) is 18.9 Å². The van der Waals surface area contributed by atoms with E-state index in [-0.39, 0.29) is 35.0 Å². The molecule has 98 valence electrons. The fourth-order valence-electron chi connectivity index (χ4n) is 1.76. The molecule has 18 heavy (non-hydrogen) atoms. The van der Waals surface area contributed by atoms with Gasteiger partial charge in [-0.25, -0.2) is 8.42 Å². The molecule has 2 heterocycles. The van der Waals surface area contributed by atoms with Crippen molar-refractivity contribution < 1.29 is 13.2 Å². The van der Waals surface area contributed by atoms with Crippen LogP contribution in [0.1, 0.15) is 23.3 Å². The van der Waals surface area contributed by atoms with Crippen molar-refractivity contribution in [1.29, 1.82) is 0 Å². The second kappa shape index (κ2) is 4.89. The zero-order chi connectivity index (χ0) is 13.2. The number of rotatable bonds is 2. The predicted octanol–water partition coefficient (Wildman–Crippen LogP) is -0.634. The quantitative estimate of drug-likeness (QED) is 0.739. The normalized spacial score (nSPS) is 19.3. The van der Waals surface area contributed by atoms with Crippen molar-refractivity contribution in [3.05, 3.63) is 17.8 Å². The summed E-state index contributed by atoms with van der Waals surface area (Å²) >= 11 is 0. The third kappa shape index (κ3) is 3.16. The molecule has 0 aliphatic carbocycles. The minimum absolute atomic E-state index is 0.116. The van der Waals surface area contributed by atoms with E-state index < -0.39 is 9.84 Å². The number of nitrogen functional groups attached to an aromatic ring is 1. The fraction of sp³-hybridized carbons (Fsp3) is 0.500. The van der Waals surface area contributed by atoms with Gasteiger partial charge in [0.15, 0.2) is 5.69 Å². The lowest BCUT2D eigenvalue weighted by Gasteiger charge is -2.22. The van der Waals surface area contributed by atoms with E-state index in [4.69, 9.17) is 5.73 Å². The van der Waals surface area contributed by atoms with Crippen molar-refractivity contribution in [3.63, 3.8) is 0 Å². The smallest absolute Gasteiger partial charge is 0.272 e. The van der Waals surface area contributed by atoms with E-state index in [1.165, 1.54) is 12.1 Å². The number of nitrogens with one attached hydrogen (secondary N) is 1. The van der Waals surface area contributed by atoms with Gasteiger partial charge in [-0.15, -0.1) is 10.2 Å². The maximum absolute atomic E-state index is 11.8. The van der Waals surface area contributed by atoms with Crippen LogP contribution in [0.15, 0.2) is 12.1 Å². The van der Waals surface area contributed by atoms with E-state index in [1.807, 2.05) is 0 Å². The number of hydrogen-bond donors (Lipinski definition) is 2. The largest absolute Gasteiger partial charge is 0.382 e. The van der Waals surface area contributed by atoms with E-state index in [0.717, 1.165) is 0 Å². The Morgan fingerprint density at radius 3 is 2.50 bits per heavy atom. The van der Waals surface area contributed by atoms with Crippen LogP contribution in [-0.4, -0.2) is 42.1 Å². The monoisotopic (exact) mass is 270 g/mol. The summed E-state index contributed by atoms with van der Waals surface area (Å²) in [5.41, 5.74) is 5.55. The van der Waals surface area contributed by atoms with E-state index >= 15 is 0 Å². The molecule has 0 bridgehead atoms. The van der Waals surface area contributed by atoms with Crippen LogP contribution in [0.2, 0.25) is 0 Å². The van der Waals surface area contributed by atoms with Crippen molar-refractivity contribution in [1.82, 2.24) is 15.5 Å². The third-order valence-corrected chi connectivity index (χ3v) is 4.52. The molecule has 7 nitrogen and oxygen atoms in total. The molecule has 3 N–H and O–H groups in total. The molecule has 1 aliphatic rings. The first kappa shape index (κ1) is 12.7. The zero-order valence-electron chi connectivity index (χ0n) is 9.67. The number of nitrogens with two attached hydrogens (primary N) is 1. The molecule has 0 saturated carbocycles. The Morgan fingerprint density at radius 2 is 1.94 bits per heavy atom. The van der Waals surface area contributed by atoms with Crippen LogP contribution in [0.3, 0.4) is 0 Å². The molecule has 0 spiro atoms. The average Bonchev–Trinajstić information content (AvgIpc) is 2.33. The van der Waals surface area contributed by atoms with Gasteiger partial charge in [0.05, 0.1) is 11.5 Å². The fourth-order valence-corrected chi connectivity index (χ4v) is 3.25. The Kier molecular flexibility index (Phi) is 3.46. The molecular formula is C10H14N4O3S. The number of sulfone groups is 1. The molecule has 2 rings (SSSR count). The SMILES string of the molecule is Nc1ccc(C(=O)NC2CCS(=O)(=O)CC2)nn1. The summed E-state index contributed by atoms with van der Waals surface area (Å²) in [7, 11) is -2.92. The maximum Gasteiger partial charge on any atom is 0.272 e. The van der Waals surface area contributed by atoms with E-state index in [1.54, 1.807) is 0 Å². The van der Waals surface area contributed by atoms with Crippen LogP contribution >= 0.6 is 0 Å². The first-order valence-corrected chi connectivity index (χ1v) is 7.39. The Balaban J connectivity index is 1.94. The Morgan fingerprint density at radius 1 is 1.28 bits per heavy atom. The number of hydrogen-bond acceptors (Lipinski definition) is 6. The standard InChI is InChI=1S/C10H14N4O3S/c11-9-2-1-8(13-14-9)10(15)12-7-3-5-18(16,17)6-4-7/h1-2,7H,3-6H2,(H2,11,14)(H,12,15). The topological polar surface area (TPSA) is 115 Å². The molecule has 1 fully saturated rings. The van der Waals surface area contributed by atoms with Crippen molar-refractivity contribution in [2.75, 3.05) is 17.2 Å².